The number of nitrogens with zero attached hydrogens (tertiary/aromatic N) is 1. The molecule has 0 aromatic heterocycles. The fourth-order valence-corrected chi connectivity index (χ4v) is 1.90. The van der Waals surface area contributed by atoms with Crippen molar-refractivity contribution in [2.45, 2.75) is 37.9 Å². The molecular weight excluding hydrogens is 182 g/mol. The summed E-state index contributed by atoms with van der Waals surface area (Å²) in [6.45, 7) is 7.83. The average molecular weight is 195 g/mol. The molecule has 2 saturated heterocycles. The lowest BCUT2D eigenvalue weighted by Crippen LogP contribution is -2.30. The fourth-order valence-electron chi connectivity index (χ4n) is 1.90. The van der Waals surface area contributed by atoms with E-state index in [1.807, 2.05) is 19.9 Å². The minimum atomic E-state index is -0.576. The third-order valence-electron chi connectivity index (χ3n) is 2.45. The van der Waals surface area contributed by atoms with Gasteiger partial charge in [0.1, 0.15) is 18.3 Å². The number of hydrogen-bond acceptors (Lipinski definition) is 4. The van der Waals surface area contributed by atoms with Crippen molar-refractivity contribution < 1.29 is 14.2 Å². The summed E-state index contributed by atoms with van der Waals surface area (Å²) in [6.07, 6.45) is -0.593. The highest BCUT2D eigenvalue weighted by Crippen LogP contribution is 2.36. The molecule has 0 radical (unpaired) electrons. The molecule has 0 unspecified atom stereocenters. The molecule has 2 rings (SSSR count). The molecule has 4 heteroatoms. The largest absolute Gasteiger partial charge is 0.367 e. The van der Waals surface area contributed by atoms with Crippen LogP contribution in [0.4, 0.5) is 0 Å². The minimum Gasteiger partial charge on any atom is -0.367 e. The molecule has 0 aromatic carbocycles. The van der Waals surface area contributed by atoms with E-state index in [2.05, 4.69) is 6.58 Å². The third-order valence-corrected chi connectivity index (χ3v) is 2.45. The van der Waals surface area contributed by atoms with Crippen LogP contribution in [0.3, 0.4) is 0 Å². The lowest BCUT2D eigenvalue weighted by atomic mass is 10.1. The van der Waals surface area contributed by atoms with Crippen molar-refractivity contribution in [1.82, 2.24) is 0 Å². The van der Waals surface area contributed by atoms with E-state index in [-0.39, 0.29) is 18.3 Å². The Kier molecular flexibility index (Phi) is 2.11. The average Bonchev–Trinajstić information content (AvgIpc) is 2.58. The summed E-state index contributed by atoms with van der Waals surface area (Å²) in [5.41, 5.74) is 0.402. The molecule has 0 spiro atoms. The van der Waals surface area contributed by atoms with Crippen LogP contribution < -0.4 is 0 Å². The maximum Gasteiger partial charge on any atom is 0.164 e. The number of rotatable bonds is 1. The van der Waals surface area contributed by atoms with Gasteiger partial charge in [0.25, 0.3) is 0 Å². The van der Waals surface area contributed by atoms with Gasteiger partial charge in [0.2, 0.25) is 0 Å². The van der Waals surface area contributed by atoms with E-state index in [1.165, 1.54) is 0 Å². The lowest BCUT2D eigenvalue weighted by molar-refractivity contribution is -0.171. The predicted octanol–water partition coefficient (Wildman–Crippen LogP) is 0.985. The van der Waals surface area contributed by atoms with Gasteiger partial charge in [-0.1, -0.05) is 6.58 Å². The smallest absolute Gasteiger partial charge is 0.164 e. The summed E-state index contributed by atoms with van der Waals surface area (Å²) in [4.78, 5) is 0. The van der Waals surface area contributed by atoms with Gasteiger partial charge in [-0.3, -0.25) is 0 Å². The van der Waals surface area contributed by atoms with Crippen LogP contribution >= 0.6 is 0 Å². The Bertz CT molecular complexity index is 305. The molecule has 0 aliphatic carbocycles. The normalized spacial score (nSPS) is 39.1. The van der Waals surface area contributed by atoms with Gasteiger partial charge in [-0.05, 0) is 13.8 Å². The molecule has 0 amide bonds. The molecule has 0 aromatic rings. The molecule has 2 aliphatic heterocycles. The van der Waals surface area contributed by atoms with Gasteiger partial charge in [0.05, 0.1) is 18.2 Å². The molecular formula is C10H13NO3. The van der Waals surface area contributed by atoms with Crippen LogP contribution in [0.2, 0.25) is 0 Å². The second-order valence-corrected chi connectivity index (χ2v) is 4.03. The molecule has 2 heterocycles. The Balaban J connectivity index is 2.13. The summed E-state index contributed by atoms with van der Waals surface area (Å²) >= 11 is 0. The number of ether oxygens (including phenoxy) is 3. The minimum absolute atomic E-state index is 0.0694. The predicted molar refractivity (Wildman–Crippen MR) is 48.3 cm³/mol. The van der Waals surface area contributed by atoms with Crippen LogP contribution in [0.15, 0.2) is 12.2 Å². The van der Waals surface area contributed by atoms with Crippen LogP contribution in [0.1, 0.15) is 13.8 Å². The maximum atomic E-state index is 8.72. The monoisotopic (exact) mass is 195 g/mol. The van der Waals surface area contributed by atoms with Crippen LogP contribution in [-0.4, -0.2) is 30.7 Å². The molecule has 3 atom stereocenters. The van der Waals surface area contributed by atoms with Crippen LogP contribution in [0.25, 0.3) is 0 Å². The van der Waals surface area contributed by atoms with Gasteiger partial charge in [0.15, 0.2) is 5.79 Å². The van der Waals surface area contributed by atoms with E-state index in [1.54, 1.807) is 0 Å². The van der Waals surface area contributed by atoms with Gasteiger partial charge >= 0.3 is 0 Å². The first-order valence-electron chi connectivity index (χ1n) is 4.59. The van der Waals surface area contributed by atoms with Crippen molar-refractivity contribution in [3.63, 3.8) is 0 Å². The third kappa shape index (κ3) is 1.44. The highest BCUT2D eigenvalue weighted by atomic mass is 16.8. The summed E-state index contributed by atoms with van der Waals surface area (Å²) < 4.78 is 16.6. The Hall–Kier alpha value is -0.890. The van der Waals surface area contributed by atoms with Gasteiger partial charge < -0.3 is 14.2 Å². The van der Waals surface area contributed by atoms with Crippen molar-refractivity contribution in [2.75, 3.05) is 6.61 Å². The van der Waals surface area contributed by atoms with E-state index in [4.69, 9.17) is 19.5 Å². The first-order valence-corrected chi connectivity index (χ1v) is 4.59. The Morgan fingerprint density at radius 3 is 2.86 bits per heavy atom. The van der Waals surface area contributed by atoms with Crippen molar-refractivity contribution in [1.29, 1.82) is 5.26 Å². The van der Waals surface area contributed by atoms with E-state index >= 15 is 0 Å². The molecule has 76 valence electrons. The zero-order valence-corrected chi connectivity index (χ0v) is 8.32. The fraction of sp³-hybridized carbons (Fsp3) is 0.700. The summed E-state index contributed by atoms with van der Waals surface area (Å²) in [5, 5.41) is 8.72. The Morgan fingerprint density at radius 2 is 2.21 bits per heavy atom. The first-order chi connectivity index (χ1) is 6.53. The lowest BCUT2D eigenvalue weighted by Gasteiger charge is -2.20. The van der Waals surface area contributed by atoms with Gasteiger partial charge in [-0.25, -0.2) is 0 Å². The quantitative estimate of drug-likeness (QED) is 0.585. The number of fused-ring (bicyclic) bond motifs is 1. The van der Waals surface area contributed by atoms with E-state index < -0.39 is 5.79 Å². The highest BCUT2D eigenvalue weighted by Gasteiger charge is 2.50. The van der Waals surface area contributed by atoms with Gasteiger partial charge in [0, 0.05) is 0 Å². The second kappa shape index (κ2) is 3.06. The van der Waals surface area contributed by atoms with E-state index in [9.17, 15) is 0 Å². The van der Waals surface area contributed by atoms with Crippen LogP contribution in [0, 0.1) is 11.3 Å². The van der Waals surface area contributed by atoms with Gasteiger partial charge in [-0.2, -0.15) is 5.26 Å². The van der Waals surface area contributed by atoms with Crippen molar-refractivity contribution >= 4 is 0 Å². The van der Waals surface area contributed by atoms with Crippen molar-refractivity contribution in [2.24, 2.45) is 0 Å². The first kappa shape index (κ1) is 9.66. The summed E-state index contributed by atoms with van der Waals surface area (Å²) in [7, 11) is 0. The molecule has 0 bridgehead atoms. The number of hydrogen-bond donors (Lipinski definition) is 0. The molecule has 0 N–H and O–H groups in total. The van der Waals surface area contributed by atoms with E-state index in [0.29, 0.717) is 12.2 Å². The SMILES string of the molecule is C=C(C#N)[C@@H]1OC[C@H]2OC(C)(C)O[C@H]21. The van der Waals surface area contributed by atoms with Gasteiger partial charge in [-0.15, -0.1) is 0 Å². The molecule has 4 nitrogen and oxygen atoms in total. The number of nitriles is 1. The molecule has 2 fully saturated rings. The zero-order chi connectivity index (χ0) is 10.3. The summed E-state index contributed by atoms with van der Waals surface area (Å²) in [6, 6.07) is 1.99. The zero-order valence-electron chi connectivity index (χ0n) is 8.32. The topological polar surface area (TPSA) is 51.5 Å². The standard InChI is InChI=1S/C10H13NO3/c1-6(4-11)8-9-7(5-12-8)13-10(2,3)14-9/h7-9H,1,5H2,2-3H3/t7-,8+,9-/m1/s1. The summed E-state index contributed by atoms with van der Waals surface area (Å²) in [5.74, 6) is -0.576. The molecule has 0 saturated carbocycles. The maximum absolute atomic E-state index is 8.72. The van der Waals surface area contributed by atoms with E-state index in [0.717, 1.165) is 0 Å². The molecule has 2 aliphatic rings. The van der Waals surface area contributed by atoms with Crippen LogP contribution in [-0.2, 0) is 14.2 Å². The highest BCUT2D eigenvalue weighted by molar-refractivity contribution is 5.25. The van der Waals surface area contributed by atoms with Crippen LogP contribution in [0.5, 0.6) is 0 Å². The Labute approximate surface area is 83.1 Å². The van der Waals surface area contributed by atoms with Crippen molar-refractivity contribution in [3.05, 3.63) is 12.2 Å². The van der Waals surface area contributed by atoms with Crippen molar-refractivity contribution in [3.8, 4) is 6.07 Å². The second-order valence-electron chi connectivity index (χ2n) is 4.03. The Morgan fingerprint density at radius 1 is 1.50 bits per heavy atom. The molecule has 14 heavy (non-hydrogen) atoms.